The molecule has 11 heteroatoms. The van der Waals surface area contributed by atoms with Crippen LogP contribution in [0, 0.1) is 17.8 Å². The summed E-state index contributed by atoms with van der Waals surface area (Å²) < 4.78 is 16.0. The van der Waals surface area contributed by atoms with Crippen molar-refractivity contribution in [2.75, 3.05) is 14.2 Å². The highest BCUT2D eigenvalue weighted by molar-refractivity contribution is 5.97. The Hall–Kier alpha value is -3.50. The van der Waals surface area contributed by atoms with E-state index in [4.69, 9.17) is 14.2 Å². The molecule has 4 rings (SSSR count). The molecule has 0 aromatic carbocycles. The minimum Gasteiger partial charge on any atom is -0.469 e. The fraction of sp³-hybridized carbons (Fsp3) is 0.545. The average molecular weight is 458 g/mol. The van der Waals surface area contributed by atoms with Gasteiger partial charge in [0.05, 0.1) is 26.3 Å². The monoisotopic (exact) mass is 458 g/mol. The van der Waals surface area contributed by atoms with E-state index in [1.807, 2.05) is 0 Å². The lowest BCUT2D eigenvalue weighted by Crippen LogP contribution is -2.41. The third kappa shape index (κ3) is 4.39. The Morgan fingerprint density at radius 2 is 1.88 bits per heavy atom. The predicted molar refractivity (Wildman–Crippen MR) is 112 cm³/mol. The Balaban J connectivity index is 1.58. The quantitative estimate of drug-likeness (QED) is 0.661. The van der Waals surface area contributed by atoms with E-state index in [9.17, 15) is 19.2 Å². The summed E-state index contributed by atoms with van der Waals surface area (Å²) in [7, 11) is 2.62. The van der Waals surface area contributed by atoms with Crippen molar-refractivity contribution in [3.05, 3.63) is 23.7 Å². The highest BCUT2D eigenvalue weighted by atomic mass is 16.5. The van der Waals surface area contributed by atoms with Gasteiger partial charge in [-0.05, 0) is 43.9 Å². The van der Waals surface area contributed by atoms with Crippen molar-refractivity contribution in [1.82, 2.24) is 19.9 Å². The van der Waals surface area contributed by atoms with Crippen LogP contribution >= 0.6 is 0 Å². The van der Waals surface area contributed by atoms with Gasteiger partial charge in [0.15, 0.2) is 17.1 Å². The third-order valence-corrected chi connectivity index (χ3v) is 6.58. The van der Waals surface area contributed by atoms with Crippen molar-refractivity contribution in [2.24, 2.45) is 17.8 Å². The van der Waals surface area contributed by atoms with Crippen LogP contribution in [-0.4, -0.2) is 58.7 Å². The first-order chi connectivity index (χ1) is 15.8. The number of aromatic nitrogens is 3. The van der Waals surface area contributed by atoms with Crippen LogP contribution < -0.4 is 10.1 Å². The maximum atomic E-state index is 13.3. The molecule has 2 aromatic heterocycles. The number of nitrogens with one attached hydrogen (secondary N) is 1. The Bertz CT molecular complexity index is 1110. The van der Waals surface area contributed by atoms with E-state index in [1.54, 1.807) is 0 Å². The van der Waals surface area contributed by atoms with Gasteiger partial charge in [-0.15, -0.1) is 0 Å². The molecule has 1 N–H and O–H groups in total. The van der Waals surface area contributed by atoms with Gasteiger partial charge in [-0.3, -0.25) is 14.4 Å². The molecular weight excluding hydrogens is 432 g/mol. The van der Waals surface area contributed by atoms with Crippen molar-refractivity contribution >= 4 is 29.5 Å². The summed E-state index contributed by atoms with van der Waals surface area (Å²) in [6.07, 6.45) is 5.30. The molecule has 4 atom stereocenters. The van der Waals surface area contributed by atoms with E-state index in [1.165, 1.54) is 37.9 Å². The number of hydrogen-bond acceptors (Lipinski definition) is 9. The van der Waals surface area contributed by atoms with Gasteiger partial charge in [-0.1, -0.05) is 0 Å². The second kappa shape index (κ2) is 9.16. The van der Waals surface area contributed by atoms with Crippen molar-refractivity contribution < 1.29 is 33.4 Å². The molecule has 2 unspecified atom stereocenters. The minimum absolute atomic E-state index is 0.0318. The fourth-order valence-corrected chi connectivity index (χ4v) is 5.10. The van der Waals surface area contributed by atoms with Crippen LogP contribution in [0.15, 0.2) is 12.3 Å². The zero-order chi connectivity index (χ0) is 23.7. The number of fused-ring (bicyclic) bond motifs is 2. The molecule has 11 nitrogen and oxygen atoms in total. The maximum Gasteiger partial charge on any atom is 0.356 e. The Morgan fingerprint density at radius 3 is 2.58 bits per heavy atom. The topological polar surface area (TPSA) is 138 Å². The van der Waals surface area contributed by atoms with Crippen molar-refractivity contribution in [3.8, 4) is 5.75 Å². The predicted octanol–water partition coefficient (Wildman–Crippen LogP) is 1.54. The highest BCUT2D eigenvalue weighted by Gasteiger charge is 2.43. The summed E-state index contributed by atoms with van der Waals surface area (Å²) in [5.41, 5.74) is 0.0265. The minimum atomic E-state index is -0.733. The first-order valence-corrected chi connectivity index (χ1v) is 10.9. The second-order valence-electron chi connectivity index (χ2n) is 8.47. The summed E-state index contributed by atoms with van der Waals surface area (Å²) in [5.74, 6) is -1.35. The summed E-state index contributed by atoms with van der Waals surface area (Å²) in [6.45, 7) is 1.23. The number of ether oxygens (including phenoxy) is 3. The van der Waals surface area contributed by atoms with Crippen LogP contribution in [0.1, 0.15) is 60.0 Å². The molecule has 2 aliphatic carbocycles. The van der Waals surface area contributed by atoms with Crippen LogP contribution in [0.3, 0.4) is 0 Å². The number of carbonyl (C=O) groups excluding carboxylic acids is 4. The number of esters is 3. The van der Waals surface area contributed by atoms with Gasteiger partial charge in [0.2, 0.25) is 0 Å². The van der Waals surface area contributed by atoms with Crippen LogP contribution in [0.4, 0.5) is 0 Å². The van der Waals surface area contributed by atoms with E-state index in [0.29, 0.717) is 5.92 Å². The number of amides is 1. The normalized spacial score (nSPS) is 24.1. The molecule has 1 amide bonds. The Labute approximate surface area is 189 Å². The first-order valence-electron chi connectivity index (χ1n) is 10.9. The van der Waals surface area contributed by atoms with Crippen LogP contribution in [0.2, 0.25) is 0 Å². The molecule has 2 aliphatic rings. The van der Waals surface area contributed by atoms with Crippen molar-refractivity contribution in [1.29, 1.82) is 0 Å². The van der Waals surface area contributed by atoms with Crippen LogP contribution in [0.25, 0.3) is 5.65 Å². The van der Waals surface area contributed by atoms with Gasteiger partial charge >= 0.3 is 17.9 Å². The molecule has 0 saturated heterocycles. The zero-order valence-corrected chi connectivity index (χ0v) is 18.7. The average Bonchev–Trinajstić information content (AvgIpc) is 3.40. The maximum absolute atomic E-state index is 13.3. The van der Waals surface area contributed by atoms with E-state index in [0.717, 1.165) is 32.1 Å². The van der Waals surface area contributed by atoms with E-state index >= 15 is 0 Å². The molecule has 0 bridgehead atoms. The largest absolute Gasteiger partial charge is 0.469 e. The molecule has 0 radical (unpaired) electrons. The third-order valence-electron chi connectivity index (χ3n) is 6.58. The summed E-state index contributed by atoms with van der Waals surface area (Å²) in [5, 5.41) is 7.20. The highest BCUT2D eigenvalue weighted by Crippen LogP contribution is 2.44. The Kier molecular flexibility index (Phi) is 6.30. The van der Waals surface area contributed by atoms with Crippen molar-refractivity contribution in [2.45, 2.75) is 45.1 Å². The molecule has 2 heterocycles. The number of methoxy groups -OCH3 is 2. The van der Waals surface area contributed by atoms with Gasteiger partial charge in [0, 0.05) is 19.0 Å². The van der Waals surface area contributed by atoms with E-state index in [2.05, 4.69) is 15.4 Å². The second-order valence-corrected chi connectivity index (χ2v) is 8.47. The van der Waals surface area contributed by atoms with Gasteiger partial charge in [0.1, 0.15) is 5.69 Å². The van der Waals surface area contributed by atoms with E-state index < -0.39 is 17.8 Å². The summed E-state index contributed by atoms with van der Waals surface area (Å²) in [6, 6.07) is 1.24. The number of hydrogen-bond donors (Lipinski definition) is 1. The molecule has 176 valence electrons. The Morgan fingerprint density at radius 1 is 1.09 bits per heavy atom. The van der Waals surface area contributed by atoms with Gasteiger partial charge < -0.3 is 19.5 Å². The van der Waals surface area contributed by atoms with Crippen molar-refractivity contribution in [3.63, 3.8) is 0 Å². The molecule has 2 aromatic rings. The van der Waals surface area contributed by atoms with E-state index in [-0.39, 0.29) is 46.6 Å². The fourth-order valence-electron chi connectivity index (χ4n) is 5.10. The molecule has 2 fully saturated rings. The molecule has 0 aliphatic heterocycles. The zero-order valence-electron chi connectivity index (χ0n) is 18.7. The van der Waals surface area contributed by atoms with Gasteiger partial charge in [0.25, 0.3) is 5.91 Å². The van der Waals surface area contributed by atoms with Crippen LogP contribution in [0.5, 0.6) is 5.75 Å². The smallest absolute Gasteiger partial charge is 0.356 e. The first kappa shape index (κ1) is 22.7. The number of rotatable bonds is 5. The molecule has 2 saturated carbocycles. The summed E-state index contributed by atoms with van der Waals surface area (Å²) >= 11 is 0. The van der Waals surface area contributed by atoms with Crippen LogP contribution in [-0.2, 0) is 19.1 Å². The number of carbonyl (C=O) groups is 4. The molecule has 0 spiro atoms. The molecular formula is C22H26N4O7. The van der Waals surface area contributed by atoms with Gasteiger partial charge in [-0.25, -0.2) is 14.3 Å². The lowest BCUT2D eigenvalue weighted by atomic mass is 9.75. The lowest BCUT2D eigenvalue weighted by molar-refractivity contribution is -0.147. The molecule has 33 heavy (non-hydrogen) atoms. The van der Waals surface area contributed by atoms with Gasteiger partial charge in [-0.2, -0.15) is 5.10 Å². The standard InChI is InChI=1S/C22H26N4O7/c1-11(27)33-18-10-23-26-17(9-16(22(30)32-3)24-19(18)26)20(28)25-15-7-5-12-8-13(21(29)31-2)4-6-14(12)15/h9-10,12-15H,4-8H2,1-3H3,(H,25,28)/t12?,13?,14-,15+/m1/s1. The summed E-state index contributed by atoms with van der Waals surface area (Å²) in [4.78, 5) is 52.9. The number of nitrogens with zero attached hydrogens (tertiary/aromatic N) is 3. The SMILES string of the molecule is COC(=O)c1cc(C(=O)N[C@H]2CCC3CC(C(=O)OC)CC[C@H]32)n2ncc(OC(C)=O)c2n1. The lowest BCUT2D eigenvalue weighted by Gasteiger charge is -2.33.